The molecule has 7 nitrogen and oxygen atoms in total. The van der Waals surface area contributed by atoms with Crippen LogP contribution >= 0.6 is 11.3 Å². The third-order valence-corrected chi connectivity index (χ3v) is 8.92. The van der Waals surface area contributed by atoms with Crippen molar-refractivity contribution in [2.24, 2.45) is 4.99 Å². The molecular formula is C25H27N3O4S2. The molecule has 9 heteroatoms. The van der Waals surface area contributed by atoms with Gasteiger partial charge in [-0.25, -0.2) is 8.42 Å². The zero-order chi connectivity index (χ0) is 24.5. The van der Waals surface area contributed by atoms with Crippen LogP contribution < -0.4 is 4.80 Å². The molecule has 1 unspecified atom stereocenters. The predicted octanol–water partition coefficient (Wildman–Crippen LogP) is 3.49. The summed E-state index contributed by atoms with van der Waals surface area (Å²) in [5.41, 5.74) is 3.45. The van der Waals surface area contributed by atoms with Gasteiger partial charge in [-0.05, 0) is 68.1 Å². The largest absolute Gasteiger partial charge is 0.377 e. The molecule has 4 rings (SSSR count). The van der Waals surface area contributed by atoms with Gasteiger partial charge < -0.3 is 9.30 Å². The lowest BCUT2D eigenvalue weighted by atomic mass is 10.1. The van der Waals surface area contributed by atoms with Gasteiger partial charge in [0, 0.05) is 25.8 Å². The first-order valence-corrected chi connectivity index (χ1v) is 13.3. The van der Waals surface area contributed by atoms with E-state index in [1.54, 1.807) is 7.05 Å². The Morgan fingerprint density at radius 1 is 1.29 bits per heavy atom. The highest BCUT2D eigenvalue weighted by Crippen LogP contribution is 2.24. The summed E-state index contributed by atoms with van der Waals surface area (Å²) in [7, 11) is -2.14. The minimum atomic E-state index is -3.68. The lowest BCUT2D eigenvalue weighted by Gasteiger charge is -2.20. The number of hydrogen-bond acceptors (Lipinski definition) is 5. The van der Waals surface area contributed by atoms with Gasteiger partial charge in [-0.15, -0.1) is 6.42 Å². The number of ether oxygens (including phenoxy) is 1. The van der Waals surface area contributed by atoms with E-state index in [0.29, 0.717) is 30.1 Å². The van der Waals surface area contributed by atoms with Crippen molar-refractivity contribution in [1.29, 1.82) is 0 Å². The van der Waals surface area contributed by atoms with Gasteiger partial charge in [0.2, 0.25) is 10.0 Å². The molecule has 2 heterocycles. The van der Waals surface area contributed by atoms with Crippen LogP contribution in [0.25, 0.3) is 10.2 Å². The first-order valence-electron chi connectivity index (χ1n) is 11.0. The summed E-state index contributed by atoms with van der Waals surface area (Å²) in [4.78, 5) is 17.9. The molecule has 0 spiro atoms. The fraction of sp³-hybridized carbons (Fsp3) is 0.360. The summed E-state index contributed by atoms with van der Waals surface area (Å²) < 4.78 is 35.6. The number of nitrogens with zero attached hydrogens (tertiary/aromatic N) is 3. The molecule has 34 heavy (non-hydrogen) atoms. The number of fused-ring (bicyclic) bond motifs is 1. The van der Waals surface area contributed by atoms with Crippen molar-refractivity contribution in [3.63, 3.8) is 0 Å². The number of carbonyl (C=O) groups is 1. The number of aromatic nitrogens is 1. The number of terminal acetylenes is 1. The van der Waals surface area contributed by atoms with Gasteiger partial charge in [0.25, 0.3) is 5.91 Å². The summed E-state index contributed by atoms with van der Waals surface area (Å²) >= 11 is 1.41. The first-order chi connectivity index (χ1) is 16.2. The number of sulfonamides is 1. The average molecular weight is 498 g/mol. The Bertz CT molecular complexity index is 1440. The molecule has 0 N–H and O–H groups in total. The Labute approximate surface area is 203 Å². The van der Waals surface area contributed by atoms with Crippen molar-refractivity contribution >= 4 is 37.5 Å². The van der Waals surface area contributed by atoms with Gasteiger partial charge in [-0.3, -0.25) is 4.79 Å². The van der Waals surface area contributed by atoms with Crippen molar-refractivity contribution in [3.05, 3.63) is 57.9 Å². The Morgan fingerprint density at radius 2 is 2.03 bits per heavy atom. The fourth-order valence-electron chi connectivity index (χ4n) is 4.12. The van der Waals surface area contributed by atoms with Crippen molar-refractivity contribution < 1.29 is 17.9 Å². The van der Waals surface area contributed by atoms with Crippen LogP contribution in [0.1, 0.15) is 34.3 Å². The molecule has 1 fully saturated rings. The van der Waals surface area contributed by atoms with Crippen molar-refractivity contribution in [2.75, 3.05) is 20.2 Å². The summed E-state index contributed by atoms with van der Waals surface area (Å²) in [5, 5.41) is 0. The highest BCUT2D eigenvalue weighted by atomic mass is 32.2. The number of amides is 1. The van der Waals surface area contributed by atoms with E-state index in [0.717, 1.165) is 34.2 Å². The maximum atomic E-state index is 12.9. The summed E-state index contributed by atoms with van der Waals surface area (Å²) in [5.74, 6) is 2.18. The second-order valence-corrected chi connectivity index (χ2v) is 11.5. The van der Waals surface area contributed by atoms with Crippen molar-refractivity contribution in [3.8, 4) is 12.3 Å². The molecule has 0 aliphatic carbocycles. The van der Waals surface area contributed by atoms with E-state index < -0.39 is 15.9 Å². The molecule has 178 valence electrons. The monoisotopic (exact) mass is 497 g/mol. The van der Waals surface area contributed by atoms with Crippen LogP contribution in [-0.4, -0.2) is 49.5 Å². The van der Waals surface area contributed by atoms with E-state index in [4.69, 9.17) is 11.2 Å². The molecule has 1 aliphatic heterocycles. The Morgan fingerprint density at radius 3 is 2.68 bits per heavy atom. The van der Waals surface area contributed by atoms with E-state index in [-0.39, 0.29) is 11.0 Å². The highest BCUT2D eigenvalue weighted by molar-refractivity contribution is 7.89. The lowest BCUT2D eigenvalue weighted by molar-refractivity contribution is 0.0979. The average Bonchev–Trinajstić information content (AvgIpc) is 3.43. The van der Waals surface area contributed by atoms with Crippen LogP contribution in [0.4, 0.5) is 0 Å². The molecule has 1 saturated heterocycles. The quantitative estimate of drug-likeness (QED) is 0.488. The van der Waals surface area contributed by atoms with Crippen LogP contribution in [0.15, 0.2) is 46.3 Å². The molecular weight excluding hydrogens is 470 g/mol. The van der Waals surface area contributed by atoms with Crippen LogP contribution in [0.3, 0.4) is 0 Å². The molecule has 1 amide bonds. The molecule has 0 bridgehead atoms. The molecule has 3 aromatic rings. The molecule has 1 atom stereocenters. The zero-order valence-corrected chi connectivity index (χ0v) is 21.1. The Kier molecular flexibility index (Phi) is 7.05. The SMILES string of the molecule is C#CCn1c(=NC(=O)c2ccc(S(=O)(=O)N(C)CC3CCCO3)cc2)sc2c(C)cc(C)cc21. The maximum absolute atomic E-state index is 12.9. The third kappa shape index (κ3) is 4.86. The maximum Gasteiger partial charge on any atom is 0.279 e. The number of aryl methyl sites for hydroxylation is 2. The molecule has 1 aromatic heterocycles. The van der Waals surface area contributed by atoms with E-state index >= 15 is 0 Å². The number of likely N-dealkylation sites (N-methyl/N-ethyl adjacent to an activating group) is 1. The van der Waals surface area contributed by atoms with Crippen LogP contribution in [0.2, 0.25) is 0 Å². The fourth-order valence-corrected chi connectivity index (χ4v) is 6.40. The number of thiazole rings is 1. The van der Waals surface area contributed by atoms with Gasteiger partial charge in [-0.1, -0.05) is 23.3 Å². The zero-order valence-electron chi connectivity index (χ0n) is 19.4. The van der Waals surface area contributed by atoms with Crippen LogP contribution in [0, 0.1) is 26.2 Å². The first kappa shape index (κ1) is 24.4. The Balaban J connectivity index is 1.62. The lowest BCUT2D eigenvalue weighted by Crippen LogP contribution is -2.34. The summed E-state index contributed by atoms with van der Waals surface area (Å²) in [6.45, 7) is 5.30. The molecule has 0 saturated carbocycles. The molecule has 2 aromatic carbocycles. The van der Waals surface area contributed by atoms with Crippen molar-refractivity contribution in [2.45, 2.75) is 44.2 Å². The molecule has 1 aliphatic rings. The van der Waals surface area contributed by atoms with Gasteiger partial charge in [0.15, 0.2) is 4.80 Å². The van der Waals surface area contributed by atoms with E-state index in [1.807, 2.05) is 24.5 Å². The number of carbonyl (C=O) groups excluding carboxylic acids is 1. The van der Waals surface area contributed by atoms with Crippen molar-refractivity contribution in [1.82, 2.24) is 8.87 Å². The molecule has 0 radical (unpaired) electrons. The van der Waals surface area contributed by atoms with E-state index in [1.165, 1.54) is 39.9 Å². The van der Waals surface area contributed by atoms with Gasteiger partial charge >= 0.3 is 0 Å². The van der Waals surface area contributed by atoms with Crippen LogP contribution in [-0.2, 0) is 21.3 Å². The summed E-state index contributed by atoms with van der Waals surface area (Å²) in [6, 6.07) is 9.99. The minimum absolute atomic E-state index is 0.0807. The second kappa shape index (κ2) is 9.84. The second-order valence-electron chi connectivity index (χ2n) is 8.47. The van der Waals surface area contributed by atoms with E-state index in [2.05, 4.69) is 17.0 Å². The van der Waals surface area contributed by atoms with Gasteiger partial charge in [0.1, 0.15) is 0 Å². The number of benzene rings is 2. The van der Waals surface area contributed by atoms with Crippen LogP contribution in [0.5, 0.6) is 0 Å². The normalized spacial score (nSPS) is 16.9. The van der Waals surface area contributed by atoms with Gasteiger partial charge in [-0.2, -0.15) is 9.30 Å². The topological polar surface area (TPSA) is 81.0 Å². The number of hydrogen-bond donors (Lipinski definition) is 0. The van der Waals surface area contributed by atoms with E-state index in [9.17, 15) is 13.2 Å². The highest BCUT2D eigenvalue weighted by Gasteiger charge is 2.26. The third-order valence-electron chi connectivity index (χ3n) is 5.86. The smallest absolute Gasteiger partial charge is 0.279 e. The standard InChI is InChI=1S/C25H27N3O4S2/c1-5-12-28-22-15-17(2)14-18(3)23(22)33-25(28)26-24(29)19-8-10-21(11-9-19)34(30,31)27(4)16-20-7-6-13-32-20/h1,8-11,14-15,20H,6-7,12-13,16H2,2-4H3. The minimum Gasteiger partial charge on any atom is -0.377 e. The number of rotatable bonds is 6. The van der Waals surface area contributed by atoms with Gasteiger partial charge in [0.05, 0.1) is 27.8 Å². The predicted molar refractivity (Wildman–Crippen MR) is 133 cm³/mol. The summed E-state index contributed by atoms with van der Waals surface area (Å²) in [6.07, 6.45) is 7.28. The Hall–Kier alpha value is -2.77.